The van der Waals surface area contributed by atoms with Crippen LogP contribution in [0, 0.1) is 6.92 Å². The van der Waals surface area contributed by atoms with Crippen LogP contribution in [0.1, 0.15) is 38.1 Å². The quantitative estimate of drug-likeness (QED) is 0.836. The van der Waals surface area contributed by atoms with Crippen molar-refractivity contribution in [1.29, 1.82) is 0 Å². The molecule has 1 aromatic carbocycles. The van der Waals surface area contributed by atoms with E-state index in [4.69, 9.17) is 4.42 Å². The molecule has 1 aliphatic rings. The van der Waals surface area contributed by atoms with Crippen LogP contribution >= 0.6 is 0 Å². The Morgan fingerprint density at radius 2 is 1.80 bits per heavy atom. The van der Waals surface area contributed by atoms with Gasteiger partial charge in [-0.2, -0.15) is 0 Å². The van der Waals surface area contributed by atoms with Crippen LogP contribution in [0.4, 0.5) is 6.01 Å². The van der Waals surface area contributed by atoms with Gasteiger partial charge in [0, 0.05) is 39.5 Å². The van der Waals surface area contributed by atoms with Crippen LogP contribution in [-0.4, -0.2) is 47.2 Å². The molecule has 25 heavy (non-hydrogen) atoms. The molecule has 3 rings (SSSR count). The number of aryl methyl sites for hydroxylation is 1. The number of carbonyl (C=O) groups excluding carboxylic acids is 1. The van der Waals surface area contributed by atoms with Crippen LogP contribution in [0.5, 0.6) is 0 Å². The molecule has 1 fully saturated rings. The van der Waals surface area contributed by atoms with Gasteiger partial charge in [0.2, 0.25) is 11.8 Å². The van der Waals surface area contributed by atoms with Crippen molar-refractivity contribution < 1.29 is 9.21 Å². The van der Waals surface area contributed by atoms with Crippen molar-refractivity contribution in [3.63, 3.8) is 0 Å². The van der Waals surface area contributed by atoms with Gasteiger partial charge < -0.3 is 14.2 Å². The SMILES string of the molecule is Cc1nnc(N2CCN(C(=O)CCC(C)(C)c3ccccc3)CC2)o1. The highest BCUT2D eigenvalue weighted by molar-refractivity contribution is 5.76. The first-order valence-electron chi connectivity index (χ1n) is 8.84. The van der Waals surface area contributed by atoms with Gasteiger partial charge in [-0.1, -0.05) is 49.3 Å². The summed E-state index contributed by atoms with van der Waals surface area (Å²) in [7, 11) is 0. The fourth-order valence-corrected chi connectivity index (χ4v) is 3.17. The Bertz CT molecular complexity index is 703. The monoisotopic (exact) mass is 342 g/mol. The van der Waals surface area contributed by atoms with Crippen molar-refractivity contribution in [2.24, 2.45) is 0 Å². The van der Waals surface area contributed by atoms with Gasteiger partial charge in [0.25, 0.3) is 0 Å². The molecule has 0 aliphatic carbocycles. The second-order valence-electron chi connectivity index (χ2n) is 7.22. The summed E-state index contributed by atoms with van der Waals surface area (Å²) in [5.74, 6) is 0.794. The fraction of sp³-hybridized carbons (Fsp3) is 0.526. The van der Waals surface area contributed by atoms with Gasteiger partial charge in [0.05, 0.1) is 0 Å². The number of piperazine rings is 1. The maximum atomic E-state index is 12.6. The number of carbonyl (C=O) groups is 1. The predicted molar refractivity (Wildman–Crippen MR) is 96.5 cm³/mol. The van der Waals surface area contributed by atoms with Crippen LogP contribution in [0.15, 0.2) is 34.7 Å². The Balaban J connectivity index is 1.50. The largest absolute Gasteiger partial charge is 0.408 e. The lowest BCUT2D eigenvalue weighted by Gasteiger charge is -2.34. The lowest BCUT2D eigenvalue weighted by molar-refractivity contribution is -0.131. The van der Waals surface area contributed by atoms with Crippen LogP contribution < -0.4 is 4.90 Å². The number of amides is 1. The van der Waals surface area contributed by atoms with Gasteiger partial charge in [-0.25, -0.2) is 0 Å². The number of hydrogen-bond acceptors (Lipinski definition) is 5. The number of hydrogen-bond donors (Lipinski definition) is 0. The first-order valence-corrected chi connectivity index (χ1v) is 8.84. The Kier molecular flexibility index (Phi) is 5.06. The molecule has 0 saturated carbocycles. The van der Waals surface area contributed by atoms with Crippen molar-refractivity contribution in [3.8, 4) is 0 Å². The van der Waals surface area contributed by atoms with Crippen molar-refractivity contribution in [3.05, 3.63) is 41.8 Å². The van der Waals surface area contributed by atoms with E-state index >= 15 is 0 Å². The molecule has 0 atom stereocenters. The standard InChI is InChI=1S/C19H26N4O2/c1-15-20-21-18(25-15)23-13-11-22(12-14-23)17(24)9-10-19(2,3)16-7-5-4-6-8-16/h4-8H,9-14H2,1-3H3. The minimum absolute atomic E-state index is 0.0000268. The van der Waals surface area contributed by atoms with E-state index < -0.39 is 0 Å². The topological polar surface area (TPSA) is 62.5 Å². The van der Waals surface area contributed by atoms with E-state index in [1.54, 1.807) is 6.92 Å². The summed E-state index contributed by atoms with van der Waals surface area (Å²) < 4.78 is 5.46. The summed E-state index contributed by atoms with van der Waals surface area (Å²) in [6.07, 6.45) is 1.42. The summed E-state index contributed by atoms with van der Waals surface area (Å²) in [6.45, 7) is 9.05. The Morgan fingerprint density at radius 1 is 1.12 bits per heavy atom. The molecule has 1 aliphatic heterocycles. The third kappa shape index (κ3) is 4.18. The summed E-state index contributed by atoms with van der Waals surface area (Å²) >= 11 is 0. The molecule has 0 bridgehead atoms. The highest BCUT2D eigenvalue weighted by Gasteiger charge is 2.26. The first-order chi connectivity index (χ1) is 12.0. The summed E-state index contributed by atoms with van der Waals surface area (Å²) in [4.78, 5) is 16.6. The molecule has 6 heteroatoms. The van der Waals surface area contributed by atoms with E-state index in [0.717, 1.165) is 19.5 Å². The normalized spacial score (nSPS) is 15.5. The number of aromatic nitrogens is 2. The van der Waals surface area contributed by atoms with E-state index in [1.165, 1.54) is 5.56 Å². The zero-order chi connectivity index (χ0) is 17.9. The van der Waals surface area contributed by atoms with Crippen LogP contribution in [-0.2, 0) is 10.2 Å². The van der Waals surface area contributed by atoms with Crippen molar-refractivity contribution in [2.45, 2.75) is 39.0 Å². The summed E-state index contributed by atoms with van der Waals surface area (Å²) in [5.41, 5.74) is 1.28. The van der Waals surface area contributed by atoms with E-state index in [2.05, 4.69) is 48.3 Å². The Labute approximate surface area is 148 Å². The molecule has 1 amide bonds. The average molecular weight is 342 g/mol. The van der Waals surface area contributed by atoms with E-state index in [9.17, 15) is 4.79 Å². The van der Waals surface area contributed by atoms with Gasteiger partial charge >= 0.3 is 6.01 Å². The van der Waals surface area contributed by atoms with Gasteiger partial charge in [-0.3, -0.25) is 4.79 Å². The average Bonchev–Trinajstić information content (AvgIpc) is 3.07. The van der Waals surface area contributed by atoms with E-state index in [-0.39, 0.29) is 11.3 Å². The van der Waals surface area contributed by atoms with Crippen molar-refractivity contribution in [2.75, 3.05) is 31.1 Å². The smallest absolute Gasteiger partial charge is 0.318 e. The summed E-state index contributed by atoms with van der Waals surface area (Å²) in [6, 6.07) is 10.9. The van der Waals surface area contributed by atoms with Gasteiger partial charge in [-0.15, -0.1) is 5.10 Å². The first kappa shape index (κ1) is 17.5. The number of anilines is 1. The summed E-state index contributed by atoms with van der Waals surface area (Å²) in [5, 5.41) is 7.91. The maximum absolute atomic E-state index is 12.6. The molecule has 1 saturated heterocycles. The van der Waals surface area contributed by atoms with Crippen LogP contribution in [0.3, 0.4) is 0 Å². The molecule has 2 heterocycles. The number of rotatable bonds is 5. The van der Waals surface area contributed by atoms with E-state index in [1.807, 2.05) is 15.9 Å². The molecule has 2 aromatic rings. The second-order valence-corrected chi connectivity index (χ2v) is 7.22. The van der Waals surface area contributed by atoms with E-state index in [0.29, 0.717) is 31.4 Å². The van der Waals surface area contributed by atoms with Crippen LogP contribution in [0.25, 0.3) is 0 Å². The molecule has 0 spiro atoms. The molecule has 1 aromatic heterocycles. The minimum atomic E-state index is 0.0000268. The molecule has 0 unspecified atom stereocenters. The third-order valence-electron chi connectivity index (χ3n) is 4.94. The molecule has 0 N–H and O–H groups in total. The number of benzene rings is 1. The zero-order valence-electron chi connectivity index (χ0n) is 15.2. The molecular formula is C19H26N4O2. The lowest BCUT2D eigenvalue weighted by Crippen LogP contribution is -2.49. The molecule has 0 radical (unpaired) electrons. The van der Waals surface area contributed by atoms with Gasteiger partial charge in [0.15, 0.2) is 0 Å². The molecule has 134 valence electrons. The highest BCUT2D eigenvalue weighted by Crippen LogP contribution is 2.28. The van der Waals surface area contributed by atoms with Crippen molar-refractivity contribution in [1.82, 2.24) is 15.1 Å². The highest BCUT2D eigenvalue weighted by atomic mass is 16.4. The molecular weight excluding hydrogens is 316 g/mol. The van der Waals surface area contributed by atoms with Crippen LogP contribution in [0.2, 0.25) is 0 Å². The zero-order valence-corrected chi connectivity index (χ0v) is 15.2. The van der Waals surface area contributed by atoms with Gasteiger partial charge in [0.1, 0.15) is 0 Å². The minimum Gasteiger partial charge on any atom is -0.408 e. The second kappa shape index (κ2) is 7.25. The number of nitrogens with zero attached hydrogens (tertiary/aromatic N) is 4. The van der Waals surface area contributed by atoms with Gasteiger partial charge in [-0.05, 0) is 17.4 Å². The Morgan fingerprint density at radius 3 is 2.40 bits per heavy atom. The maximum Gasteiger partial charge on any atom is 0.318 e. The molecule has 6 nitrogen and oxygen atoms in total. The predicted octanol–water partition coefficient (Wildman–Crippen LogP) is 2.78. The lowest BCUT2D eigenvalue weighted by atomic mass is 9.80. The fourth-order valence-electron chi connectivity index (χ4n) is 3.17. The van der Waals surface area contributed by atoms with Crippen molar-refractivity contribution >= 4 is 11.9 Å². The third-order valence-corrected chi connectivity index (χ3v) is 4.94. The Hall–Kier alpha value is -2.37.